The number of rotatable bonds is 5. The van der Waals surface area contributed by atoms with Crippen molar-refractivity contribution in [3.63, 3.8) is 0 Å². The second-order valence-corrected chi connectivity index (χ2v) is 6.76. The fourth-order valence-electron chi connectivity index (χ4n) is 2.84. The van der Waals surface area contributed by atoms with Crippen LogP contribution in [0.25, 0.3) is 0 Å². The average Bonchev–Trinajstić information content (AvgIpc) is 2.64. The highest BCUT2D eigenvalue weighted by molar-refractivity contribution is 6.30. The molecule has 1 amide bonds. The van der Waals surface area contributed by atoms with Gasteiger partial charge in [0.2, 0.25) is 0 Å². The molecule has 1 aliphatic rings. The Labute approximate surface area is 153 Å². The number of aromatic nitrogens is 1. The van der Waals surface area contributed by atoms with E-state index < -0.39 is 0 Å². The minimum atomic E-state index is -0.0632. The maximum Gasteiger partial charge on any atom is 0.251 e. The number of carbonyl (C=O) groups excluding carboxylic acids is 1. The van der Waals surface area contributed by atoms with E-state index in [1.807, 2.05) is 30.3 Å². The number of amides is 1. The van der Waals surface area contributed by atoms with Gasteiger partial charge in [-0.1, -0.05) is 23.7 Å². The molecule has 3 rings (SSSR count). The summed E-state index contributed by atoms with van der Waals surface area (Å²) in [5.74, 6) is 0.810. The monoisotopic (exact) mass is 358 g/mol. The number of piperazine rings is 1. The van der Waals surface area contributed by atoms with Crippen molar-refractivity contribution in [3.05, 3.63) is 58.7 Å². The fourth-order valence-corrected chi connectivity index (χ4v) is 2.97. The SMILES string of the molecule is CN1CCN(c2cc(C(=O)NCCc3ccc(Cl)cc3)ccn2)CC1. The third kappa shape index (κ3) is 4.94. The van der Waals surface area contributed by atoms with Crippen molar-refractivity contribution in [2.45, 2.75) is 6.42 Å². The molecule has 1 saturated heterocycles. The first-order chi connectivity index (χ1) is 12.1. The van der Waals surface area contributed by atoms with Crippen LogP contribution in [0.2, 0.25) is 5.02 Å². The Morgan fingerprint density at radius 2 is 1.88 bits per heavy atom. The first-order valence-electron chi connectivity index (χ1n) is 8.54. The first-order valence-corrected chi connectivity index (χ1v) is 8.92. The van der Waals surface area contributed by atoms with E-state index in [2.05, 4.69) is 27.1 Å². The number of likely N-dealkylation sites (N-methyl/N-ethyl adjacent to an activating group) is 1. The summed E-state index contributed by atoms with van der Waals surface area (Å²) in [6.07, 6.45) is 2.49. The maximum atomic E-state index is 12.4. The second-order valence-electron chi connectivity index (χ2n) is 6.33. The number of halogens is 1. The molecule has 1 aromatic carbocycles. The largest absolute Gasteiger partial charge is 0.354 e. The Morgan fingerprint density at radius 3 is 2.60 bits per heavy atom. The summed E-state index contributed by atoms with van der Waals surface area (Å²) in [5.41, 5.74) is 1.80. The molecule has 0 radical (unpaired) electrons. The van der Waals surface area contributed by atoms with E-state index in [-0.39, 0.29) is 5.91 Å². The predicted octanol–water partition coefficient (Wildman–Crippen LogP) is 2.46. The van der Waals surface area contributed by atoms with Crippen LogP contribution in [0.15, 0.2) is 42.6 Å². The lowest BCUT2D eigenvalue weighted by Gasteiger charge is -2.33. The van der Waals surface area contributed by atoms with Crippen molar-refractivity contribution >= 4 is 23.3 Å². The standard InChI is InChI=1S/C19H23ClN4O/c1-23-10-12-24(13-11-23)18-14-16(7-9-21-18)19(25)22-8-6-15-2-4-17(20)5-3-15/h2-5,7,9,14H,6,8,10-13H2,1H3,(H,22,25). The summed E-state index contributed by atoms with van der Waals surface area (Å²) in [7, 11) is 2.12. The second kappa shape index (κ2) is 8.32. The van der Waals surface area contributed by atoms with Crippen LogP contribution in [0.5, 0.6) is 0 Å². The van der Waals surface area contributed by atoms with Crippen LogP contribution in [-0.2, 0) is 6.42 Å². The highest BCUT2D eigenvalue weighted by atomic mass is 35.5. The lowest BCUT2D eigenvalue weighted by Crippen LogP contribution is -2.44. The average molecular weight is 359 g/mol. The Bertz CT molecular complexity index is 712. The molecular weight excluding hydrogens is 336 g/mol. The number of anilines is 1. The van der Waals surface area contributed by atoms with Gasteiger partial charge in [-0.25, -0.2) is 4.98 Å². The van der Waals surface area contributed by atoms with Crippen molar-refractivity contribution in [2.24, 2.45) is 0 Å². The van der Waals surface area contributed by atoms with E-state index in [0.29, 0.717) is 12.1 Å². The van der Waals surface area contributed by atoms with Crippen LogP contribution < -0.4 is 10.2 Å². The van der Waals surface area contributed by atoms with Crippen molar-refractivity contribution in [3.8, 4) is 0 Å². The predicted molar refractivity (Wildman–Crippen MR) is 101 cm³/mol. The minimum Gasteiger partial charge on any atom is -0.354 e. The van der Waals surface area contributed by atoms with Crippen LogP contribution in [0.4, 0.5) is 5.82 Å². The lowest BCUT2D eigenvalue weighted by molar-refractivity contribution is 0.0954. The molecule has 0 atom stereocenters. The van der Waals surface area contributed by atoms with Crippen molar-refractivity contribution in [1.82, 2.24) is 15.2 Å². The van der Waals surface area contributed by atoms with Crippen molar-refractivity contribution in [2.75, 3.05) is 44.7 Å². The van der Waals surface area contributed by atoms with Gasteiger partial charge in [0.15, 0.2) is 0 Å². The van der Waals surface area contributed by atoms with Gasteiger partial charge in [0, 0.05) is 49.5 Å². The molecule has 6 heteroatoms. The number of nitrogens with zero attached hydrogens (tertiary/aromatic N) is 3. The van der Waals surface area contributed by atoms with E-state index in [1.165, 1.54) is 0 Å². The smallest absolute Gasteiger partial charge is 0.251 e. The van der Waals surface area contributed by atoms with Gasteiger partial charge in [0.05, 0.1) is 0 Å². The third-order valence-electron chi connectivity index (χ3n) is 4.45. The summed E-state index contributed by atoms with van der Waals surface area (Å²) in [5, 5.41) is 3.70. The van der Waals surface area contributed by atoms with Crippen LogP contribution in [0.1, 0.15) is 15.9 Å². The van der Waals surface area contributed by atoms with Gasteiger partial charge in [0.25, 0.3) is 5.91 Å². The maximum absolute atomic E-state index is 12.4. The Hall–Kier alpha value is -2.11. The number of pyridine rings is 1. The summed E-state index contributed by atoms with van der Waals surface area (Å²) in [6, 6.07) is 11.3. The van der Waals surface area contributed by atoms with Gasteiger partial charge in [-0.2, -0.15) is 0 Å². The molecule has 1 N–H and O–H groups in total. The van der Waals surface area contributed by atoms with Crippen LogP contribution in [-0.4, -0.2) is 55.6 Å². The van der Waals surface area contributed by atoms with Gasteiger partial charge in [0.1, 0.15) is 5.82 Å². The van der Waals surface area contributed by atoms with E-state index in [9.17, 15) is 4.79 Å². The number of benzene rings is 1. The molecule has 1 aliphatic heterocycles. The first kappa shape index (κ1) is 17.7. The normalized spacial score (nSPS) is 15.2. The highest BCUT2D eigenvalue weighted by Crippen LogP contribution is 2.15. The Morgan fingerprint density at radius 1 is 1.16 bits per heavy atom. The molecule has 0 saturated carbocycles. The van der Waals surface area contributed by atoms with Gasteiger partial charge >= 0.3 is 0 Å². The Kier molecular flexibility index (Phi) is 5.89. The number of carbonyl (C=O) groups is 1. The molecule has 1 aromatic heterocycles. The van der Waals surface area contributed by atoms with Crippen molar-refractivity contribution in [1.29, 1.82) is 0 Å². The van der Waals surface area contributed by atoms with E-state index in [4.69, 9.17) is 11.6 Å². The number of nitrogens with one attached hydrogen (secondary N) is 1. The van der Waals surface area contributed by atoms with Crippen molar-refractivity contribution < 1.29 is 4.79 Å². The zero-order valence-corrected chi connectivity index (χ0v) is 15.2. The van der Waals surface area contributed by atoms with Crippen LogP contribution >= 0.6 is 11.6 Å². The molecule has 1 fully saturated rings. The summed E-state index contributed by atoms with van der Waals surface area (Å²) in [6.45, 7) is 4.49. The molecule has 0 unspecified atom stereocenters. The molecular formula is C19H23ClN4O. The molecule has 2 heterocycles. The molecule has 5 nitrogen and oxygen atoms in total. The van der Waals surface area contributed by atoms with Crippen LogP contribution in [0, 0.1) is 0 Å². The fraction of sp³-hybridized carbons (Fsp3) is 0.368. The highest BCUT2D eigenvalue weighted by Gasteiger charge is 2.16. The summed E-state index contributed by atoms with van der Waals surface area (Å²) >= 11 is 5.88. The van der Waals surface area contributed by atoms with E-state index >= 15 is 0 Å². The molecule has 0 spiro atoms. The van der Waals surface area contributed by atoms with Gasteiger partial charge in [-0.15, -0.1) is 0 Å². The van der Waals surface area contributed by atoms with Crippen LogP contribution in [0.3, 0.4) is 0 Å². The molecule has 2 aromatic rings. The lowest BCUT2D eigenvalue weighted by atomic mass is 10.1. The quantitative estimate of drug-likeness (QED) is 0.892. The number of hydrogen-bond donors (Lipinski definition) is 1. The zero-order valence-electron chi connectivity index (χ0n) is 14.4. The molecule has 25 heavy (non-hydrogen) atoms. The summed E-state index contributed by atoms with van der Waals surface area (Å²) < 4.78 is 0. The minimum absolute atomic E-state index is 0.0632. The number of hydrogen-bond acceptors (Lipinski definition) is 4. The summed E-state index contributed by atoms with van der Waals surface area (Å²) in [4.78, 5) is 21.3. The molecule has 0 bridgehead atoms. The Balaban J connectivity index is 1.55. The molecule has 0 aliphatic carbocycles. The zero-order chi connectivity index (χ0) is 17.6. The third-order valence-corrected chi connectivity index (χ3v) is 4.70. The van der Waals surface area contributed by atoms with Gasteiger partial charge in [-0.05, 0) is 43.3 Å². The van der Waals surface area contributed by atoms with E-state index in [0.717, 1.165) is 49.0 Å². The van der Waals surface area contributed by atoms with Gasteiger partial charge < -0.3 is 15.1 Å². The topological polar surface area (TPSA) is 48.5 Å². The van der Waals surface area contributed by atoms with Gasteiger partial charge in [-0.3, -0.25) is 4.79 Å². The molecule has 132 valence electrons. The van der Waals surface area contributed by atoms with E-state index in [1.54, 1.807) is 12.3 Å².